The van der Waals surface area contributed by atoms with Gasteiger partial charge in [-0.15, -0.1) is 0 Å². The highest BCUT2D eigenvalue weighted by Gasteiger charge is 2.40. The van der Waals surface area contributed by atoms with Crippen LogP contribution in [0.2, 0.25) is 5.15 Å². The number of rotatable bonds is 3. The molecule has 0 radical (unpaired) electrons. The summed E-state index contributed by atoms with van der Waals surface area (Å²) in [5, 5.41) is 3.95. The van der Waals surface area contributed by atoms with Gasteiger partial charge in [0.2, 0.25) is 0 Å². The quantitative estimate of drug-likeness (QED) is 0.856. The Morgan fingerprint density at radius 3 is 2.83 bits per heavy atom. The zero-order chi connectivity index (χ0) is 12.7. The van der Waals surface area contributed by atoms with Gasteiger partial charge in [-0.3, -0.25) is 0 Å². The van der Waals surface area contributed by atoms with Crippen LogP contribution in [0.3, 0.4) is 0 Å². The first kappa shape index (κ1) is 12.2. The minimum absolute atomic E-state index is 0.278. The summed E-state index contributed by atoms with van der Waals surface area (Å²) in [6, 6.07) is 2.16. The van der Waals surface area contributed by atoms with E-state index in [-0.39, 0.29) is 5.92 Å². The van der Waals surface area contributed by atoms with E-state index in [0.29, 0.717) is 23.4 Å². The van der Waals surface area contributed by atoms with Gasteiger partial charge in [0.1, 0.15) is 16.8 Å². The number of nitrogens with one attached hydrogen (secondary N) is 1. The van der Waals surface area contributed by atoms with E-state index in [1.54, 1.807) is 6.07 Å². The first-order valence-corrected chi connectivity index (χ1v) is 6.96. The third-order valence-corrected chi connectivity index (χ3v) is 3.86. The molecule has 2 bridgehead atoms. The van der Waals surface area contributed by atoms with Crippen molar-refractivity contribution < 1.29 is 4.74 Å². The number of anilines is 1. The Kier molecular flexibility index (Phi) is 3.16. The number of nitrogens with zero attached hydrogens (tertiary/aromatic N) is 2. The summed E-state index contributed by atoms with van der Waals surface area (Å²) in [6.07, 6.45) is 4.20. The van der Waals surface area contributed by atoms with Crippen LogP contribution in [-0.4, -0.2) is 28.2 Å². The molecule has 3 rings (SSSR count). The summed E-state index contributed by atoms with van der Waals surface area (Å²) < 4.78 is 5.83. The molecular weight excluding hydrogens is 250 g/mol. The van der Waals surface area contributed by atoms with Crippen molar-refractivity contribution in [3.05, 3.63) is 17.0 Å². The SMILES string of the molecule is CC(C)c1nc(Cl)cc(NC2CC3CCC2O3)n1. The topological polar surface area (TPSA) is 47.0 Å². The van der Waals surface area contributed by atoms with Gasteiger partial charge in [-0.05, 0) is 19.3 Å². The van der Waals surface area contributed by atoms with Crippen LogP contribution in [0.5, 0.6) is 0 Å². The molecule has 2 aliphatic rings. The van der Waals surface area contributed by atoms with Crippen molar-refractivity contribution in [3.8, 4) is 0 Å². The molecule has 18 heavy (non-hydrogen) atoms. The highest BCUT2D eigenvalue weighted by atomic mass is 35.5. The number of hydrogen-bond acceptors (Lipinski definition) is 4. The van der Waals surface area contributed by atoms with Crippen molar-refractivity contribution in [1.29, 1.82) is 0 Å². The van der Waals surface area contributed by atoms with Gasteiger partial charge in [0.05, 0.1) is 18.2 Å². The van der Waals surface area contributed by atoms with Crippen LogP contribution in [-0.2, 0) is 4.74 Å². The van der Waals surface area contributed by atoms with Crippen molar-refractivity contribution in [1.82, 2.24) is 9.97 Å². The molecule has 98 valence electrons. The fourth-order valence-corrected chi connectivity index (χ4v) is 2.94. The lowest BCUT2D eigenvalue weighted by Crippen LogP contribution is -2.31. The van der Waals surface area contributed by atoms with Crippen LogP contribution >= 0.6 is 11.6 Å². The summed E-state index contributed by atoms with van der Waals surface area (Å²) >= 11 is 6.04. The lowest BCUT2D eigenvalue weighted by molar-refractivity contribution is 0.102. The van der Waals surface area contributed by atoms with Gasteiger partial charge in [0.15, 0.2) is 0 Å². The molecule has 0 spiro atoms. The van der Waals surface area contributed by atoms with Gasteiger partial charge >= 0.3 is 0 Å². The molecular formula is C13H18ClN3O. The Balaban J connectivity index is 1.76. The minimum atomic E-state index is 0.278. The lowest BCUT2D eigenvalue weighted by atomic mass is 9.95. The number of ether oxygens (including phenoxy) is 1. The molecule has 2 fully saturated rings. The second kappa shape index (κ2) is 4.67. The zero-order valence-corrected chi connectivity index (χ0v) is 11.4. The van der Waals surface area contributed by atoms with Gasteiger partial charge in [0.25, 0.3) is 0 Å². The van der Waals surface area contributed by atoms with E-state index in [0.717, 1.165) is 24.5 Å². The molecule has 0 aliphatic carbocycles. The van der Waals surface area contributed by atoms with E-state index in [1.807, 2.05) is 0 Å². The molecule has 2 saturated heterocycles. The van der Waals surface area contributed by atoms with Crippen LogP contribution in [0.1, 0.15) is 44.9 Å². The van der Waals surface area contributed by atoms with Gasteiger partial charge in [-0.25, -0.2) is 9.97 Å². The van der Waals surface area contributed by atoms with E-state index >= 15 is 0 Å². The van der Waals surface area contributed by atoms with Gasteiger partial charge in [-0.2, -0.15) is 0 Å². The highest BCUT2D eigenvalue weighted by molar-refractivity contribution is 6.29. The minimum Gasteiger partial charge on any atom is -0.373 e. The van der Waals surface area contributed by atoms with E-state index < -0.39 is 0 Å². The Morgan fingerprint density at radius 1 is 1.39 bits per heavy atom. The molecule has 5 heteroatoms. The zero-order valence-electron chi connectivity index (χ0n) is 10.7. The fraction of sp³-hybridized carbons (Fsp3) is 0.692. The van der Waals surface area contributed by atoms with Crippen LogP contribution in [0.4, 0.5) is 5.82 Å². The van der Waals surface area contributed by atoms with E-state index in [9.17, 15) is 0 Å². The smallest absolute Gasteiger partial charge is 0.135 e. The van der Waals surface area contributed by atoms with Crippen molar-refractivity contribution in [2.45, 2.75) is 57.3 Å². The van der Waals surface area contributed by atoms with Crippen LogP contribution < -0.4 is 5.32 Å². The maximum Gasteiger partial charge on any atom is 0.135 e. The van der Waals surface area contributed by atoms with E-state index in [2.05, 4.69) is 29.1 Å². The third-order valence-electron chi connectivity index (χ3n) is 3.67. The van der Waals surface area contributed by atoms with Crippen molar-refractivity contribution in [3.63, 3.8) is 0 Å². The van der Waals surface area contributed by atoms with Crippen molar-refractivity contribution >= 4 is 17.4 Å². The second-order valence-corrected chi connectivity index (χ2v) is 5.84. The molecule has 3 unspecified atom stereocenters. The van der Waals surface area contributed by atoms with E-state index in [4.69, 9.17) is 16.3 Å². The second-order valence-electron chi connectivity index (χ2n) is 5.45. The van der Waals surface area contributed by atoms with Crippen molar-refractivity contribution in [2.24, 2.45) is 0 Å². The number of fused-ring (bicyclic) bond motifs is 2. The summed E-state index contributed by atoms with van der Waals surface area (Å²) in [5.74, 6) is 1.88. The average molecular weight is 268 g/mol. The van der Waals surface area contributed by atoms with Gasteiger partial charge in [-0.1, -0.05) is 25.4 Å². The maximum absolute atomic E-state index is 6.04. The molecule has 2 aliphatic heterocycles. The number of halogens is 1. The predicted molar refractivity (Wildman–Crippen MR) is 71.1 cm³/mol. The highest BCUT2D eigenvalue weighted by Crippen LogP contribution is 2.35. The third kappa shape index (κ3) is 2.31. The predicted octanol–water partition coefficient (Wildman–Crippen LogP) is 2.99. The molecule has 0 saturated carbocycles. The first-order valence-electron chi connectivity index (χ1n) is 6.58. The lowest BCUT2D eigenvalue weighted by Gasteiger charge is -2.21. The molecule has 1 N–H and O–H groups in total. The Bertz CT molecular complexity index is 452. The summed E-state index contributed by atoms with van der Waals surface area (Å²) in [4.78, 5) is 8.76. The normalized spacial score (nSPS) is 30.1. The molecule has 1 aromatic rings. The molecule has 3 heterocycles. The monoisotopic (exact) mass is 267 g/mol. The largest absolute Gasteiger partial charge is 0.373 e. The van der Waals surface area contributed by atoms with Gasteiger partial charge < -0.3 is 10.1 Å². The van der Waals surface area contributed by atoms with Crippen LogP contribution in [0.25, 0.3) is 0 Å². The Morgan fingerprint density at radius 2 is 2.22 bits per heavy atom. The average Bonchev–Trinajstić information content (AvgIpc) is 2.90. The Labute approximate surface area is 112 Å². The number of hydrogen-bond donors (Lipinski definition) is 1. The van der Waals surface area contributed by atoms with Crippen LogP contribution in [0.15, 0.2) is 6.07 Å². The number of aromatic nitrogens is 2. The fourth-order valence-electron chi connectivity index (χ4n) is 2.75. The summed E-state index contributed by atoms with van der Waals surface area (Å²) in [5.41, 5.74) is 0. The molecule has 4 nitrogen and oxygen atoms in total. The molecule has 0 aromatic carbocycles. The first-order chi connectivity index (χ1) is 8.61. The maximum atomic E-state index is 6.04. The molecule has 3 atom stereocenters. The molecule has 1 aromatic heterocycles. The van der Waals surface area contributed by atoms with E-state index in [1.165, 1.54) is 6.42 Å². The summed E-state index contributed by atoms with van der Waals surface area (Å²) in [6.45, 7) is 4.13. The van der Waals surface area contributed by atoms with Crippen LogP contribution in [0, 0.1) is 0 Å². The standard InChI is InChI=1S/C13H18ClN3O/c1-7(2)13-16-11(14)6-12(17-13)15-9-5-8-3-4-10(9)18-8/h6-10H,3-5H2,1-2H3,(H,15,16,17). The Hall–Kier alpha value is -0.870. The summed E-state index contributed by atoms with van der Waals surface area (Å²) in [7, 11) is 0. The van der Waals surface area contributed by atoms with Gasteiger partial charge in [0, 0.05) is 12.0 Å². The molecule has 0 amide bonds. The van der Waals surface area contributed by atoms with Crippen molar-refractivity contribution in [2.75, 3.05) is 5.32 Å².